The van der Waals surface area contributed by atoms with Gasteiger partial charge in [0, 0.05) is 5.56 Å². The van der Waals surface area contributed by atoms with Gasteiger partial charge in [0.1, 0.15) is 18.8 Å². The molecule has 1 aromatic carbocycles. The first-order chi connectivity index (χ1) is 9.19. The van der Waals surface area contributed by atoms with Crippen molar-refractivity contribution >= 4 is 5.97 Å². The van der Waals surface area contributed by atoms with E-state index in [0.717, 1.165) is 35.6 Å². The number of hydrogen-bond acceptors (Lipinski definition) is 3. The van der Waals surface area contributed by atoms with E-state index in [1.807, 2.05) is 24.3 Å². The number of nitrogens with one attached hydrogen (secondary N) is 1. The van der Waals surface area contributed by atoms with Gasteiger partial charge in [-0.05, 0) is 37.8 Å². The van der Waals surface area contributed by atoms with Gasteiger partial charge < -0.3 is 19.5 Å². The molecule has 0 bridgehead atoms. The molecular formula is C15H21NO3. The Morgan fingerprint density at radius 3 is 2.79 bits per heavy atom. The van der Waals surface area contributed by atoms with Crippen LogP contribution in [0.1, 0.15) is 31.2 Å². The van der Waals surface area contributed by atoms with Crippen molar-refractivity contribution in [1.82, 2.24) is 0 Å². The molecule has 4 nitrogen and oxygen atoms in total. The normalized spacial score (nSPS) is 17.3. The Hall–Kier alpha value is -1.55. The highest BCUT2D eigenvalue weighted by atomic mass is 16.5. The lowest BCUT2D eigenvalue weighted by molar-refractivity contribution is -0.932. The van der Waals surface area contributed by atoms with Crippen molar-refractivity contribution in [1.29, 1.82) is 0 Å². The number of carboxylic acids is 1. The van der Waals surface area contributed by atoms with E-state index in [4.69, 9.17) is 4.74 Å². The van der Waals surface area contributed by atoms with Crippen LogP contribution in [0.15, 0.2) is 24.3 Å². The molecule has 0 saturated heterocycles. The van der Waals surface area contributed by atoms with Crippen LogP contribution in [0, 0.1) is 0 Å². The third-order valence-corrected chi connectivity index (χ3v) is 3.87. The van der Waals surface area contributed by atoms with Gasteiger partial charge in [-0.25, -0.2) is 0 Å². The number of rotatable bonds is 6. The van der Waals surface area contributed by atoms with Gasteiger partial charge in [-0.3, -0.25) is 0 Å². The van der Waals surface area contributed by atoms with E-state index < -0.39 is 5.97 Å². The molecule has 1 aliphatic rings. The van der Waals surface area contributed by atoms with Crippen LogP contribution in [0.3, 0.4) is 0 Å². The van der Waals surface area contributed by atoms with E-state index >= 15 is 0 Å². The van der Waals surface area contributed by atoms with E-state index in [1.54, 1.807) is 7.11 Å². The number of carbonyl (C=O) groups is 1. The summed E-state index contributed by atoms with van der Waals surface area (Å²) in [6, 6.07) is 8.29. The summed E-state index contributed by atoms with van der Waals surface area (Å²) in [5, 5.41) is 10.9. The molecule has 0 aromatic heterocycles. The number of quaternary nitrogens is 1. The fourth-order valence-corrected chi connectivity index (χ4v) is 2.92. The predicted octanol–water partition coefficient (Wildman–Crippen LogP) is -0.227. The molecule has 4 heteroatoms. The first-order valence-corrected chi connectivity index (χ1v) is 6.86. The van der Waals surface area contributed by atoms with Crippen LogP contribution in [0.4, 0.5) is 0 Å². The van der Waals surface area contributed by atoms with Crippen LogP contribution in [0.2, 0.25) is 0 Å². The Bertz CT molecular complexity index is 427. The lowest BCUT2D eigenvalue weighted by atomic mass is 10.1. The summed E-state index contributed by atoms with van der Waals surface area (Å²) in [6.45, 7) is 0.803. The van der Waals surface area contributed by atoms with E-state index in [2.05, 4.69) is 0 Å². The number of ether oxygens (including phenoxy) is 1. The van der Waals surface area contributed by atoms with Crippen LogP contribution in [-0.2, 0) is 11.3 Å². The Kier molecular flexibility index (Phi) is 4.80. The fraction of sp³-hybridized carbons (Fsp3) is 0.533. The topological polar surface area (TPSA) is 53.8 Å². The summed E-state index contributed by atoms with van der Waals surface area (Å²) in [6.07, 6.45) is 4.65. The highest BCUT2D eigenvalue weighted by molar-refractivity contribution is 5.65. The number of carboxylic acid groups (broad SMARTS) is 1. The Labute approximate surface area is 114 Å². The second-order valence-corrected chi connectivity index (χ2v) is 5.22. The maximum Gasteiger partial charge on any atom is 0.119 e. The zero-order chi connectivity index (χ0) is 13.7. The van der Waals surface area contributed by atoms with Crippen LogP contribution < -0.4 is 14.7 Å². The molecule has 1 fully saturated rings. The van der Waals surface area contributed by atoms with E-state index in [9.17, 15) is 9.90 Å². The van der Waals surface area contributed by atoms with Gasteiger partial charge in [-0.1, -0.05) is 12.1 Å². The molecule has 0 aliphatic heterocycles. The number of aliphatic carboxylic acids is 1. The van der Waals surface area contributed by atoms with Gasteiger partial charge in [0.05, 0.1) is 19.1 Å². The molecule has 2 rings (SSSR count). The Morgan fingerprint density at radius 2 is 2.16 bits per heavy atom. The van der Waals surface area contributed by atoms with Crippen LogP contribution in [0.25, 0.3) is 0 Å². The highest BCUT2D eigenvalue weighted by Gasteiger charge is 2.26. The van der Waals surface area contributed by atoms with Crippen molar-refractivity contribution < 1.29 is 19.5 Å². The SMILES string of the molecule is COc1cccc(C[NH+](CC(=O)[O-])C2CCCC2)c1. The number of benzene rings is 1. The minimum Gasteiger partial charge on any atom is -0.544 e. The zero-order valence-electron chi connectivity index (χ0n) is 11.4. The monoisotopic (exact) mass is 263 g/mol. The number of methoxy groups -OCH3 is 1. The lowest BCUT2D eigenvalue weighted by Crippen LogP contribution is -3.15. The van der Waals surface area contributed by atoms with Crippen LogP contribution in [-0.4, -0.2) is 25.7 Å². The van der Waals surface area contributed by atoms with Crippen molar-refractivity contribution in [3.63, 3.8) is 0 Å². The van der Waals surface area contributed by atoms with Gasteiger partial charge in [-0.15, -0.1) is 0 Å². The average molecular weight is 263 g/mol. The molecule has 1 aromatic rings. The molecule has 0 spiro atoms. The van der Waals surface area contributed by atoms with Crippen molar-refractivity contribution in [2.75, 3.05) is 13.7 Å². The molecule has 19 heavy (non-hydrogen) atoms. The smallest absolute Gasteiger partial charge is 0.119 e. The van der Waals surface area contributed by atoms with Gasteiger partial charge in [-0.2, -0.15) is 0 Å². The molecule has 1 unspecified atom stereocenters. The Balaban J connectivity index is 2.07. The first kappa shape index (κ1) is 13.9. The molecule has 1 saturated carbocycles. The molecule has 0 radical (unpaired) electrons. The lowest BCUT2D eigenvalue weighted by Gasteiger charge is -2.26. The minimum atomic E-state index is -0.968. The minimum absolute atomic E-state index is 0.0852. The zero-order valence-corrected chi connectivity index (χ0v) is 11.4. The van der Waals surface area contributed by atoms with Gasteiger partial charge in [0.25, 0.3) is 0 Å². The van der Waals surface area contributed by atoms with Crippen molar-refractivity contribution in [3.8, 4) is 5.75 Å². The largest absolute Gasteiger partial charge is 0.544 e. The standard InChI is InChI=1S/C15H21NO3/c1-19-14-8-4-5-12(9-14)10-16(11-15(17)18)13-6-2-3-7-13/h4-5,8-9,13H,2-3,6-7,10-11H2,1H3,(H,17,18). The van der Waals surface area contributed by atoms with Crippen LogP contribution >= 0.6 is 0 Å². The maximum atomic E-state index is 10.9. The van der Waals surface area contributed by atoms with Gasteiger partial charge >= 0.3 is 0 Å². The molecule has 104 valence electrons. The summed E-state index contributed by atoms with van der Waals surface area (Å²) in [5.74, 6) is -0.151. The summed E-state index contributed by atoms with van der Waals surface area (Å²) in [5.41, 5.74) is 1.11. The molecule has 1 N–H and O–H groups in total. The second-order valence-electron chi connectivity index (χ2n) is 5.22. The van der Waals surface area contributed by atoms with Crippen molar-refractivity contribution in [2.24, 2.45) is 0 Å². The van der Waals surface area contributed by atoms with E-state index in [0.29, 0.717) is 6.04 Å². The molecular weight excluding hydrogens is 242 g/mol. The molecule has 1 atom stereocenters. The summed E-state index contributed by atoms with van der Waals surface area (Å²) < 4.78 is 5.21. The number of hydrogen-bond donors (Lipinski definition) is 1. The van der Waals surface area contributed by atoms with Crippen LogP contribution in [0.5, 0.6) is 5.75 Å². The molecule has 0 heterocycles. The predicted molar refractivity (Wildman–Crippen MR) is 69.8 cm³/mol. The average Bonchev–Trinajstić information content (AvgIpc) is 2.91. The van der Waals surface area contributed by atoms with Crippen molar-refractivity contribution in [2.45, 2.75) is 38.3 Å². The third kappa shape index (κ3) is 3.96. The first-order valence-electron chi connectivity index (χ1n) is 6.86. The van der Waals surface area contributed by atoms with E-state index in [1.165, 1.54) is 12.8 Å². The second kappa shape index (κ2) is 6.57. The third-order valence-electron chi connectivity index (χ3n) is 3.87. The molecule has 0 amide bonds. The summed E-state index contributed by atoms with van der Waals surface area (Å²) in [7, 11) is 1.64. The van der Waals surface area contributed by atoms with E-state index in [-0.39, 0.29) is 6.54 Å². The summed E-state index contributed by atoms with van der Waals surface area (Å²) >= 11 is 0. The fourth-order valence-electron chi connectivity index (χ4n) is 2.92. The number of carbonyl (C=O) groups excluding carboxylic acids is 1. The maximum absolute atomic E-state index is 10.9. The summed E-state index contributed by atoms with van der Waals surface area (Å²) in [4.78, 5) is 12.0. The molecule has 1 aliphatic carbocycles. The Morgan fingerprint density at radius 1 is 1.42 bits per heavy atom. The quantitative estimate of drug-likeness (QED) is 0.771. The highest BCUT2D eigenvalue weighted by Crippen LogP contribution is 2.16. The van der Waals surface area contributed by atoms with Gasteiger partial charge in [0.15, 0.2) is 0 Å². The van der Waals surface area contributed by atoms with Gasteiger partial charge in [0.2, 0.25) is 0 Å². The van der Waals surface area contributed by atoms with Crippen molar-refractivity contribution in [3.05, 3.63) is 29.8 Å².